The minimum Gasteiger partial charge on any atom is -0.324 e. The molecule has 0 bridgehead atoms. The van der Waals surface area contributed by atoms with Crippen LogP contribution in [0.15, 0.2) is 72.9 Å². The number of nitrogens with zero attached hydrogens (tertiary/aromatic N) is 3. The van der Waals surface area contributed by atoms with Gasteiger partial charge in [-0.1, -0.05) is 41.8 Å². The minimum absolute atomic E-state index is 0.0441. The molecule has 0 radical (unpaired) electrons. The molecule has 0 unspecified atom stereocenters. The number of aromatic nitrogens is 4. The number of rotatable bonds is 4. The van der Waals surface area contributed by atoms with Gasteiger partial charge in [-0.25, -0.2) is 4.98 Å². The van der Waals surface area contributed by atoms with Crippen LogP contribution >= 0.6 is 12.2 Å². The summed E-state index contributed by atoms with van der Waals surface area (Å²) >= 11 is 5.33. The Hall–Kier alpha value is -4.02. The Morgan fingerprint density at radius 2 is 1.97 bits per heavy atom. The van der Waals surface area contributed by atoms with E-state index in [1.807, 2.05) is 73.7 Å². The number of benzene rings is 2. The Labute approximate surface area is 185 Å². The summed E-state index contributed by atoms with van der Waals surface area (Å²) < 4.78 is 2.08. The summed E-state index contributed by atoms with van der Waals surface area (Å²) in [6.45, 7) is 2.05. The second kappa shape index (κ2) is 9.20. The van der Waals surface area contributed by atoms with Crippen LogP contribution in [0, 0.1) is 23.5 Å². The number of nitrogens with one attached hydrogen (secondary N) is 2. The second-order valence-electron chi connectivity index (χ2n) is 6.90. The van der Waals surface area contributed by atoms with Crippen molar-refractivity contribution in [3.05, 3.63) is 94.5 Å². The zero-order valence-corrected chi connectivity index (χ0v) is 17.6. The smallest absolute Gasteiger partial charge is 0.244 e. The number of aromatic amines is 1. The van der Waals surface area contributed by atoms with Gasteiger partial charge in [-0.2, -0.15) is 5.10 Å². The Morgan fingerprint density at radius 1 is 1.10 bits per heavy atom. The fourth-order valence-electron chi connectivity index (χ4n) is 3.06. The second-order valence-corrected chi connectivity index (χ2v) is 7.29. The van der Waals surface area contributed by atoms with Crippen molar-refractivity contribution in [2.45, 2.75) is 13.5 Å². The number of anilines is 1. The highest BCUT2D eigenvalue weighted by Gasteiger charge is 2.13. The first-order valence-corrected chi connectivity index (χ1v) is 10.0. The standard InChI is InChI=1S/C24H19N5OS/c1-17-6-4-8-19(14-17)23-27-28-24(31)29(23)16-22(30)26-21-10-5-7-18(15-21)11-12-20-9-2-3-13-25-20/h2-10,13-15H,16H2,1H3,(H,26,30)(H,28,31). The molecular weight excluding hydrogens is 406 g/mol. The molecule has 2 aromatic carbocycles. The number of pyridine rings is 1. The first-order valence-electron chi connectivity index (χ1n) is 9.64. The average Bonchev–Trinajstić information content (AvgIpc) is 3.13. The molecule has 0 spiro atoms. The van der Waals surface area contributed by atoms with Gasteiger partial charge in [0, 0.05) is 23.0 Å². The van der Waals surface area contributed by atoms with Crippen molar-refractivity contribution < 1.29 is 4.79 Å². The topological polar surface area (TPSA) is 75.6 Å². The van der Waals surface area contributed by atoms with E-state index < -0.39 is 0 Å². The van der Waals surface area contributed by atoms with Gasteiger partial charge >= 0.3 is 0 Å². The third-order valence-electron chi connectivity index (χ3n) is 4.48. The molecule has 0 aliphatic carbocycles. The van der Waals surface area contributed by atoms with Gasteiger partial charge < -0.3 is 5.32 Å². The van der Waals surface area contributed by atoms with Crippen LogP contribution in [0.4, 0.5) is 5.69 Å². The maximum atomic E-state index is 12.7. The van der Waals surface area contributed by atoms with E-state index in [1.54, 1.807) is 10.8 Å². The van der Waals surface area contributed by atoms with E-state index in [-0.39, 0.29) is 12.5 Å². The fraction of sp³-hybridized carbons (Fsp3) is 0.0833. The molecule has 4 aromatic rings. The van der Waals surface area contributed by atoms with Crippen molar-refractivity contribution in [2.24, 2.45) is 0 Å². The maximum absolute atomic E-state index is 12.7. The lowest BCUT2D eigenvalue weighted by Gasteiger charge is -2.09. The Balaban J connectivity index is 1.50. The zero-order valence-electron chi connectivity index (χ0n) is 16.8. The van der Waals surface area contributed by atoms with Crippen molar-refractivity contribution in [2.75, 3.05) is 5.32 Å². The minimum atomic E-state index is -0.207. The molecule has 0 saturated heterocycles. The molecular formula is C24H19N5OS. The number of aryl methyl sites for hydroxylation is 1. The van der Waals surface area contributed by atoms with E-state index in [0.717, 1.165) is 16.7 Å². The summed E-state index contributed by atoms with van der Waals surface area (Å²) in [5.41, 5.74) is 4.13. The van der Waals surface area contributed by atoms with E-state index in [9.17, 15) is 4.79 Å². The fourth-order valence-corrected chi connectivity index (χ4v) is 3.26. The third kappa shape index (κ3) is 5.13. The van der Waals surface area contributed by atoms with Crippen molar-refractivity contribution in [3.8, 4) is 23.2 Å². The molecule has 7 heteroatoms. The van der Waals surface area contributed by atoms with Gasteiger partial charge in [0.25, 0.3) is 0 Å². The van der Waals surface area contributed by atoms with Gasteiger partial charge in [0.2, 0.25) is 5.91 Å². The highest BCUT2D eigenvalue weighted by Crippen LogP contribution is 2.19. The van der Waals surface area contributed by atoms with Gasteiger partial charge in [0.15, 0.2) is 10.6 Å². The summed E-state index contributed by atoms with van der Waals surface area (Å²) in [6, 6.07) is 20.9. The van der Waals surface area contributed by atoms with Gasteiger partial charge in [0.05, 0.1) is 0 Å². The number of carbonyl (C=O) groups excluding carboxylic acids is 1. The molecule has 0 saturated carbocycles. The number of H-pyrrole nitrogens is 1. The van der Waals surface area contributed by atoms with E-state index >= 15 is 0 Å². The zero-order chi connectivity index (χ0) is 21.6. The molecule has 31 heavy (non-hydrogen) atoms. The van der Waals surface area contributed by atoms with Crippen LogP contribution in [0.2, 0.25) is 0 Å². The number of hydrogen-bond donors (Lipinski definition) is 2. The highest BCUT2D eigenvalue weighted by atomic mass is 32.1. The summed E-state index contributed by atoms with van der Waals surface area (Å²) in [6.07, 6.45) is 1.70. The number of hydrogen-bond acceptors (Lipinski definition) is 4. The van der Waals surface area contributed by atoms with Crippen molar-refractivity contribution in [1.82, 2.24) is 19.7 Å². The van der Waals surface area contributed by atoms with Crippen LogP contribution in [0.5, 0.6) is 0 Å². The molecule has 1 amide bonds. The van der Waals surface area contributed by atoms with Crippen LogP contribution in [0.25, 0.3) is 11.4 Å². The quantitative estimate of drug-likeness (QED) is 0.377. The molecule has 2 aromatic heterocycles. The molecule has 0 aliphatic rings. The Kier molecular flexibility index (Phi) is 6.01. The first-order chi connectivity index (χ1) is 15.1. The van der Waals surface area contributed by atoms with Gasteiger partial charge in [-0.05, 0) is 61.5 Å². The molecule has 152 valence electrons. The molecule has 2 N–H and O–H groups in total. The third-order valence-corrected chi connectivity index (χ3v) is 4.79. The van der Waals surface area contributed by atoms with Crippen LogP contribution in [0.3, 0.4) is 0 Å². The van der Waals surface area contributed by atoms with E-state index in [0.29, 0.717) is 22.0 Å². The van der Waals surface area contributed by atoms with Gasteiger partial charge in [-0.15, -0.1) is 0 Å². The monoisotopic (exact) mass is 425 g/mol. The van der Waals surface area contributed by atoms with Crippen molar-refractivity contribution in [1.29, 1.82) is 0 Å². The van der Waals surface area contributed by atoms with Crippen LogP contribution in [0.1, 0.15) is 16.8 Å². The molecule has 2 heterocycles. The lowest BCUT2D eigenvalue weighted by atomic mass is 10.1. The summed E-state index contributed by atoms with van der Waals surface area (Å²) in [7, 11) is 0. The molecule has 0 atom stereocenters. The summed E-state index contributed by atoms with van der Waals surface area (Å²) in [5, 5.41) is 9.98. The van der Waals surface area contributed by atoms with E-state index in [4.69, 9.17) is 12.2 Å². The maximum Gasteiger partial charge on any atom is 0.244 e. The molecule has 0 aliphatic heterocycles. The Bertz CT molecular complexity index is 1350. The van der Waals surface area contributed by atoms with Gasteiger partial charge in [-0.3, -0.25) is 14.5 Å². The summed E-state index contributed by atoms with van der Waals surface area (Å²) in [4.78, 5) is 16.9. The summed E-state index contributed by atoms with van der Waals surface area (Å²) in [5.74, 6) is 6.49. The molecule has 0 fully saturated rings. The predicted octanol–water partition coefficient (Wildman–Crippen LogP) is 4.35. The number of amides is 1. The predicted molar refractivity (Wildman–Crippen MR) is 123 cm³/mol. The lowest BCUT2D eigenvalue weighted by Crippen LogP contribution is -2.19. The van der Waals surface area contributed by atoms with E-state index in [1.165, 1.54) is 0 Å². The Morgan fingerprint density at radius 3 is 2.77 bits per heavy atom. The first kappa shape index (κ1) is 20.3. The number of carbonyl (C=O) groups is 1. The van der Waals surface area contributed by atoms with Crippen LogP contribution in [-0.4, -0.2) is 25.7 Å². The van der Waals surface area contributed by atoms with Crippen LogP contribution < -0.4 is 5.32 Å². The normalized spacial score (nSPS) is 10.2. The average molecular weight is 426 g/mol. The molecule has 6 nitrogen and oxygen atoms in total. The largest absolute Gasteiger partial charge is 0.324 e. The van der Waals surface area contributed by atoms with Crippen molar-refractivity contribution >= 4 is 23.8 Å². The lowest BCUT2D eigenvalue weighted by molar-refractivity contribution is -0.116. The van der Waals surface area contributed by atoms with Crippen LogP contribution in [-0.2, 0) is 11.3 Å². The van der Waals surface area contributed by atoms with Crippen molar-refractivity contribution in [3.63, 3.8) is 0 Å². The van der Waals surface area contributed by atoms with E-state index in [2.05, 4.69) is 32.3 Å². The molecule has 4 rings (SSSR count). The SMILES string of the molecule is Cc1cccc(-c2n[nH]c(=S)n2CC(=O)Nc2cccc(C#Cc3ccccn3)c2)c1. The highest BCUT2D eigenvalue weighted by molar-refractivity contribution is 7.71. The van der Waals surface area contributed by atoms with Gasteiger partial charge in [0.1, 0.15) is 12.2 Å².